The Morgan fingerprint density at radius 2 is 1.76 bits per heavy atom. The monoisotopic (exact) mass is 413 g/mol. The molecule has 0 aliphatic heterocycles. The van der Waals surface area contributed by atoms with E-state index in [1.807, 2.05) is 0 Å². The molecule has 0 atom stereocenters. The van der Waals surface area contributed by atoms with Crippen molar-refractivity contribution in [1.82, 2.24) is 9.61 Å². The highest BCUT2D eigenvalue weighted by atomic mass is 19.4. The first-order chi connectivity index (χ1) is 13.3. The van der Waals surface area contributed by atoms with Gasteiger partial charge < -0.3 is 10.4 Å². The molecule has 2 aromatic heterocycles. The maximum Gasteiger partial charge on any atom is 0.416 e. The van der Waals surface area contributed by atoms with E-state index in [1.165, 1.54) is 13.8 Å². The SMILES string of the molecule is CC(C)(O)CC(=O)Nc1nn2ccc(C(F)(F)F)cc2c1-c1cc(F)cc(F)c1. The third kappa shape index (κ3) is 4.70. The van der Waals surface area contributed by atoms with E-state index < -0.39 is 34.9 Å². The van der Waals surface area contributed by atoms with Crippen molar-refractivity contribution >= 4 is 17.2 Å². The molecule has 3 aromatic rings. The Balaban J connectivity index is 2.20. The minimum atomic E-state index is -4.65. The molecule has 0 saturated carbocycles. The van der Waals surface area contributed by atoms with Gasteiger partial charge >= 0.3 is 6.18 Å². The summed E-state index contributed by atoms with van der Waals surface area (Å²) < 4.78 is 67.9. The third-order valence-corrected chi connectivity index (χ3v) is 3.96. The van der Waals surface area contributed by atoms with Crippen LogP contribution in [0, 0.1) is 11.6 Å². The van der Waals surface area contributed by atoms with E-state index in [9.17, 15) is 31.9 Å². The summed E-state index contributed by atoms with van der Waals surface area (Å²) in [5.74, 6) is -2.75. The van der Waals surface area contributed by atoms with Gasteiger partial charge in [0.05, 0.1) is 28.7 Å². The third-order valence-electron chi connectivity index (χ3n) is 3.96. The smallest absolute Gasteiger partial charge is 0.390 e. The van der Waals surface area contributed by atoms with Gasteiger partial charge in [0, 0.05) is 12.3 Å². The number of benzene rings is 1. The Kier molecular flexibility index (Phi) is 5.08. The molecule has 29 heavy (non-hydrogen) atoms. The number of pyridine rings is 1. The Hall–Kier alpha value is -3.01. The van der Waals surface area contributed by atoms with E-state index in [1.54, 1.807) is 0 Å². The minimum Gasteiger partial charge on any atom is -0.390 e. The van der Waals surface area contributed by atoms with Gasteiger partial charge in [-0.25, -0.2) is 13.3 Å². The topological polar surface area (TPSA) is 66.6 Å². The van der Waals surface area contributed by atoms with E-state index in [0.717, 1.165) is 35.0 Å². The number of nitrogens with one attached hydrogen (secondary N) is 1. The molecule has 10 heteroatoms. The number of amides is 1. The molecule has 0 unspecified atom stereocenters. The number of aromatic nitrogens is 2. The summed E-state index contributed by atoms with van der Waals surface area (Å²) in [6.45, 7) is 2.80. The summed E-state index contributed by atoms with van der Waals surface area (Å²) >= 11 is 0. The number of fused-ring (bicyclic) bond motifs is 1. The molecular formula is C19H16F5N3O2. The van der Waals surface area contributed by atoms with Crippen molar-refractivity contribution in [3.05, 3.63) is 53.7 Å². The lowest BCUT2D eigenvalue weighted by molar-refractivity contribution is -0.137. The van der Waals surface area contributed by atoms with Gasteiger partial charge in [-0.1, -0.05) is 0 Å². The van der Waals surface area contributed by atoms with Crippen LogP contribution in [0.15, 0.2) is 36.5 Å². The van der Waals surface area contributed by atoms with Crippen molar-refractivity contribution in [1.29, 1.82) is 0 Å². The molecule has 2 heterocycles. The molecule has 1 aromatic carbocycles. The maximum atomic E-state index is 13.7. The van der Waals surface area contributed by atoms with Crippen LogP contribution in [-0.4, -0.2) is 26.2 Å². The molecule has 0 saturated heterocycles. The van der Waals surface area contributed by atoms with Crippen LogP contribution in [0.25, 0.3) is 16.6 Å². The van der Waals surface area contributed by atoms with E-state index in [-0.39, 0.29) is 28.9 Å². The van der Waals surface area contributed by atoms with Crippen LogP contribution in [0.1, 0.15) is 25.8 Å². The first-order valence-corrected chi connectivity index (χ1v) is 8.42. The quantitative estimate of drug-likeness (QED) is 0.624. The predicted octanol–water partition coefficient (Wildman–Crippen LogP) is 4.40. The molecule has 0 spiro atoms. The number of alkyl halides is 3. The van der Waals surface area contributed by atoms with Crippen LogP contribution in [0.3, 0.4) is 0 Å². The Morgan fingerprint density at radius 3 is 2.31 bits per heavy atom. The van der Waals surface area contributed by atoms with Gasteiger partial charge in [0.25, 0.3) is 0 Å². The predicted molar refractivity (Wildman–Crippen MR) is 95.1 cm³/mol. The second-order valence-electron chi connectivity index (χ2n) is 7.16. The Labute approximate surface area is 161 Å². The number of carbonyl (C=O) groups excluding carboxylic acids is 1. The van der Waals surface area contributed by atoms with Crippen molar-refractivity contribution < 1.29 is 31.9 Å². The minimum absolute atomic E-state index is 0.0846. The van der Waals surface area contributed by atoms with E-state index in [2.05, 4.69) is 10.4 Å². The van der Waals surface area contributed by atoms with E-state index >= 15 is 0 Å². The van der Waals surface area contributed by atoms with Gasteiger partial charge in [-0.3, -0.25) is 4.79 Å². The fourth-order valence-electron chi connectivity index (χ4n) is 2.86. The van der Waals surface area contributed by atoms with Crippen LogP contribution >= 0.6 is 0 Å². The summed E-state index contributed by atoms with van der Waals surface area (Å²) in [6, 6.07) is 4.02. The summed E-state index contributed by atoms with van der Waals surface area (Å²) in [5.41, 5.74) is -2.63. The molecule has 0 aliphatic carbocycles. The number of carbonyl (C=O) groups is 1. The highest BCUT2D eigenvalue weighted by Gasteiger charge is 2.32. The van der Waals surface area contributed by atoms with Gasteiger partial charge in [0.2, 0.25) is 5.91 Å². The first-order valence-electron chi connectivity index (χ1n) is 8.42. The fourth-order valence-corrected chi connectivity index (χ4v) is 2.86. The number of rotatable bonds is 4. The highest BCUT2D eigenvalue weighted by Crippen LogP contribution is 2.37. The van der Waals surface area contributed by atoms with Gasteiger partial charge in [0.1, 0.15) is 11.6 Å². The number of hydrogen-bond donors (Lipinski definition) is 2. The average Bonchev–Trinajstić information content (AvgIpc) is 2.87. The van der Waals surface area contributed by atoms with Crippen molar-refractivity contribution in [3.8, 4) is 11.1 Å². The molecule has 2 N–H and O–H groups in total. The zero-order valence-corrected chi connectivity index (χ0v) is 15.3. The molecular weight excluding hydrogens is 397 g/mol. The Morgan fingerprint density at radius 1 is 1.14 bits per heavy atom. The average molecular weight is 413 g/mol. The zero-order chi connectivity index (χ0) is 21.6. The summed E-state index contributed by atoms with van der Waals surface area (Å²) in [5, 5.41) is 16.2. The van der Waals surface area contributed by atoms with E-state index in [0.29, 0.717) is 6.07 Å². The van der Waals surface area contributed by atoms with Gasteiger partial charge in [-0.2, -0.15) is 13.2 Å². The molecule has 0 bridgehead atoms. The second-order valence-corrected chi connectivity index (χ2v) is 7.16. The number of hydrogen-bond acceptors (Lipinski definition) is 3. The maximum absolute atomic E-state index is 13.7. The summed E-state index contributed by atoms with van der Waals surface area (Å²) in [7, 11) is 0. The molecule has 0 radical (unpaired) electrons. The summed E-state index contributed by atoms with van der Waals surface area (Å²) in [4.78, 5) is 12.2. The normalized spacial score (nSPS) is 12.4. The van der Waals surface area contributed by atoms with Crippen LogP contribution in [0.5, 0.6) is 0 Å². The lowest BCUT2D eigenvalue weighted by Gasteiger charge is -2.16. The van der Waals surface area contributed by atoms with Crippen molar-refractivity contribution in [3.63, 3.8) is 0 Å². The van der Waals surface area contributed by atoms with Crippen LogP contribution in [0.4, 0.5) is 27.8 Å². The van der Waals surface area contributed by atoms with Crippen LogP contribution in [0.2, 0.25) is 0 Å². The number of aliphatic hydroxyl groups is 1. The highest BCUT2D eigenvalue weighted by molar-refractivity contribution is 5.99. The lowest BCUT2D eigenvalue weighted by Crippen LogP contribution is -2.27. The van der Waals surface area contributed by atoms with Crippen molar-refractivity contribution in [2.24, 2.45) is 0 Å². The van der Waals surface area contributed by atoms with Crippen LogP contribution in [-0.2, 0) is 11.0 Å². The second kappa shape index (κ2) is 7.11. The van der Waals surface area contributed by atoms with Gasteiger partial charge in [-0.15, -0.1) is 5.10 Å². The van der Waals surface area contributed by atoms with E-state index in [4.69, 9.17) is 0 Å². The standard InChI is InChI=1S/C19H16F5N3O2/c1-18(2,29)9-15(28)25-17-16(10-5-12(20)8-13(21)6-10)14-7-11(19(22,23)24)3-4-27(14)26-17/h3-8,29H,9H2,1-2H3,(H,25,26,28). The largest absolute Gasteiger partial charge is 0.416 e. The molecule has 0 fully saturated rings. The van der Waals surface area contributed by atoms with Crippen molar-refractivity contribution in [2.45, 2.75) is 32.0 Å². The lowest BCUT2D eigenvalue weighted by atomic mass is 10.0. The summed E-state index contributed by atoms with van der Waals surface area (Å²) in [6.07, 6.45) is -3.95. The van der Waals surface area contributed by atoms with Gasteiger partial charge in [-0.05, 0) is 43.7 Å². The first kappa shape index (κ1) is 20.7. The van der Waals surface area contributed by atoms with Crippen LogP contribution < -0.4 is 5.32 Å². The molecule has 3 rings (SSSR count). The van der Waals surface area contributed by atoms with Gasteiger partial charge in [0.15, 0.2) is 5.82 Å². The molecule has 154 valence electrons. The number of nitrogens with zero attached hydrogens (tertiary/aromatic N) is 2. The molecule has 5 nitrogen and oxygen atoms in total. The fraction of sp³-hybridized carbons (Fsp3) is 0.263. The zero-order valence-electron chi connectivity index (χ0n) is 15.3. The Bertz CT molecular complexity index is 1060. The molecule has 0 aliphatic rings. The number of halogens is 5. The number of anilines is 1. The molecule has 1 amide bonds. The van der Waals surface area contributed by atoms with Crippen molar-refractivity contribution in [2.75, 3.05) is 5.32 Å².